The predicted molar refractivity (Wildman–Crippen MR) is 38.9 cm³/mol. The van der Waals surface area contributed by atoms with Gasteiger partial charge in [-0.15, -0.1) is 0 Å². The molecule has 0 spiro atoms. The highest BCUT2D eigenvalue weighted by molar-refractivity contribution is 6.32. The molecule has 11 heavy (non-hydrogen) atoms. The van der Waals surface area contributed by atoms with Crippen LogP contribution in [0.4, 0.5) is 0 Å². The van der Waals surface area contributed by atoms with E-state index in [0.717, 1.165) is 6.47 Å². The van der Waals surface area contributed by atoms with Crippen LogP contribution in [0.3, 0.4) is 0 Å². The molecule has 0 aliphatic rings. The van der Waals surface area contributed by atoms with E-state index in [2.05, 4.69) is 9.78 Å². The number of para-hydroxylation sites is 1. The zero-order chi connectivity index (χ0) is 8.10. The summed E-state index contributed by atoms with van der Waals surface area (Å²) >= 11 is 5.63. The summed E-state index contributed by atoms with van der Waals surface area (Å²) in [4.78, 5) is 17.9. The lowest BCUT2D eigenvalue weighted by molar-refractivity contribution is -0.118. The van der Waals surface area contributed by atoms with E-state index < -0.39 is 0 Å². The zero-order valence-electron chi connectivity index (χ0n) is 5.41. The number of hydrogen-bond donors (Lipinski definition) is 0. The Kier molecular flexibility index (Phi) is 2.74. The molecular formula is C7H4ClO3. The summed E-state index contributed by atoms with van der Waals surface area (Å²) in [6, 6.07) is 6.62. The van der Waals surface area contributed by atoms with E-state index in [0.29, 0.717) is 5.02 Å². The van der Waals surface area contributed by atoms with E-state index in [1.165, 1.54) is 0 Å². The molecule has 0 aliphatic heterocycles. The first kappa shape index (κ1) is 7.88. The molecule has 0 aliphatic carbocycles. The van der Waals surface area contributed by atoms with Crippen LogP contribution >= 0.6 is 11.6 Å². The second-order valence-electron chi connectivity index (χ2n) is 1.68. The molecule has 0 fully saturated rings. The number of rotatable bonds is 3. The third-order valence-electron chi connectivity index (χ3n) is 1.00. The maximum atomic E-state index is 9.57. The van der Waals surface area contributed by atoms with Crippen molar-refractivity contribution in [2.45, 2.75) is 0 Å². The third kappa shape index (κ3) is 2.13. The van der Waals surface area contributed by atoms with E-state index in [4.69, 9.17) is 11.6 Å². The molecule has 0 amide bonds. The van der Waals surface area contributed by atoms with Crippen LogP contribution < -0.4 is 4.89 Å². The molecule has 0 aromatic heterocycles. The maximum Gasteiger partial charge on any atom is 0.467 e. The molecule has 1 rings (SSSR count). The SMILES string of the molecule is O=[C]OOc1ccccc1Cl. The van der Waals surface area contributed by atoms with Gasteiger partial charge in [-0.05, 0) is 12.1 Å². The van der Waals surface area contributed by atoms with E-state index in [1.54, 1.807) is 24.3 Å². The number of hydrogen-bond acceptors (Lipinski definition) is 3. The van der Waals surface area contributed by atoms with Crippen LogP contribution in [-0.2, 0) is 9.68 Å². The minimum atomic E-state index is 0.289. The average molecular weight is 172 g/mol. The van der Waals surface area contributed by atoms with Crippen LogP contribution in [-0.4, -0.2) is 6.47 Å². The van der Waals surface area contributed by atoms with Gasteiger partial charge in [0.05, 0.1) is 5.02 Å². The van der Waals surface area contributed by atoms with Gasteiger partial charge in [-0.2, -0.15) is 0 Å². The first-order chi connectivity index (χ1) is 5.34. The Bertz CT molecular complexity index is 249. The molecule has 0 unspecified atom stereocenters. The molecule has 57 valence electrons. The molecule has 1 radical (unpaired) electrons. The van der Waals surface area contributed by atoms with Crippen molar-refractivity contribution in [1.29, 1.82) is 0 Å². The highest BCUT2D eigenvalue weighted by Crippen LogP contribution is 2.22. The molecule has 4 heteroatoms. The van der Waals surface area contributed by atoms with Gasteiger partial charge in [-0.3, -0.25) is 4.89 Å². The Hall–Kier alpha value is -1.22. The summed E-state index contributed by atoms with van der Waals surface area (Å²) in [6.45, 7) is 1.11. The van der Waals surface area contributed by atoms with Crippen LogP contribution in [0.15, 0.2) is 24.3 Å². The monoisotopic (exact) mass is 171 g/mol. The normalized spacial score (nSPS) is 8.82. The first-order valence-electron chi connectivity index (χ1n) is 2.80. The second-order valence-corrected chi connectivity index (χ2v) is 2.09. The second kappa shape index (κ2) is 3.83. The van der Waals surface area contributed by atoms with Crippen molar-refractivity contribution in [2.24, 2.45) is 0 Å². The van der Waals surface area contributed by atoms with Crippen molar-refractivity contribution >= 4 is 18.1 Å². The molecule has 1 aromatic carbocycles. The van der Waals surface area contributed by atoms with Gasteiger partial charge in [-0.25, -0.2) is 9.68 Å². The summed E-state index contributed by atoms with van der Waals surface area (Å²) in [5.41, 5.74) is 0. The van der Waals surface area contributed by atoms with Gasteiger partial charge in [-0.1, -0.05) is 23.7 Å². The van der Waals surface area contributed by atoms with Gasteiger partial charge in [0, 0.05) is 0 Å². The zero-order valence-corrected chi connectivity index (χ0v) is 6.17. The Balaban J connectivity index is 2.69. The summed E-state index contributed by atoms with van der Waals surface area (Å²) in [6.07, 6.45) is 0. The van der Waals surface area contributed by atoms with Crippen molar-refractivity contribution in [2.75, 3.05) is 0 Å². The van der Waals surface area contributed by atoms with Crippen LogP contribution in [0, 0.1) is 0 Å². The summed E-state index contributed by atoms with van der Waals surface area (Å²) in [5, 5.41) is 0.378. The molecular weight excluding hydrogens is 168 g/mol. The molecule has 0 saturated heterocycles. The summed E-state index contributed by atoms with van der Waals surface area (Å²) in [5.74, 6) is 0.289. The number of benzene rings is 1. The summed E-state index contributed by atoms with van der Waals surface area (Å²) in [7, 11) is 0. The Morgan fingerprint density at radius 1 is 1.36 bits per heavy atom. The lowest BCUT2D eigenvalue weighted by Gasteiger charge is -1.99. The molecule has 0 heterocycles. The Labute approximate surface area is 68.4 Å². The van der Waals surface area contributed by atoms with Gasteiger partial charge >= 0.3 is 6.47 Å². The topological polar surface area (TPSA) is 35.5 Å². The van der Waals surface area contributed by atoms with Crippen molar-refractivity contribution in [3.05, 3.63) is 29.3 Å². The molecule has 0 atom stereocenters. The fourth-order valence-corrected chi connectivity index (χ4v) is 0.741. The van der Waals surface area contributed by atoms with E-state index >= 15 is 0 Å². The van der Waals surface area contributed by atoms with Crippen molar-refractivity contribution in [3.63, 3.8) is 0 Å². The van der Waals surface area contributed by atoms with Crippen LogP contribution in [0.2, 0.25) is 5.02 Å². The van der Waals surface area contributed by atoms with Gasteiger partial charge in [0.15, 0.2) is 5.75 Å². The van der Waals surface area contributed by atoms with Gasteiger partial charge in [0.1, 0.15) is 0 Å². The van der Waals surface area contributed by atoms with Gasteiger partial charge in [0.2, 0.25) is 0 Å². The van der Waals surface area contributed by atoms with E-state index in [-0.39, 0.29) is 5.75 Å². The average Bonchev–Trinajstić information content (AvgIpc) is 2.03. The van der Waals surface area contributed by atoms with E-state index in [9.17, 15) is 4.79 Å². The van der Waals surface area contributed by atoms with Crippen LogP contribution in [0.25, 0.3) is 0 Å². The van der Waals surface area contributed by atoms with Crippen molar-refractivity contribution < 1.29 is 14.6 Å². The minimum absolute atomic E-state index is 0.289. The molecule has 0 saturated carbocycles. The van der Waals surface area contributed by atoms with Gasteiger partial charge < -0.3 is 0 Å². The molecule has 0 N–H and O–H groups in total. The Morgan fingerprint density at radius 3 is 2.73 bits per heavy atom. The largest absolute Gasteiger partial charge is 0.467 e. The maximum absolute atomic E-state index is 9.57. The van der Waals surface area contributed by atoms with Gasteiger partial charge in [0.25, 0.3) is 0 Å². The Morgan fingerprint density at radius 2 is 2.09 bits per heavy atom. The summed E-state index contributed by atoms with van der Waals surface area (Å²) < 4.78 is 0. The third-order valence-corrected chi connectivity index (χ3v) is 1.31. The van der Waals surface area contributed by atoms with Crippen LogP contribution in [0.1, 0.15) is 0 Å². The molecule has 3 nitrogen and oxygen atoms in total. The standard InChI is InChI=1S/C7H4ClO3/c8-6-3-1-2-4-7(6)11-10-5-9/h1-4H. The lowest BCUT2D eigenvalue weighted by atomic mass is 10.3. The fourth-order valence-electron chi connectivity index (χ4n) is 0.574. The highest BCUT2D eigenvalue weighted by atomic mass is 35.5. The lowest BCUT2D eigenvalue weighted by Crippen LogP contribution is -1.93. The van der Waals surface area contributed by atoms with Crippen molar-refractivity contribution in [1.82, 2.24) is 0 Å². The fraction of sp³-hybridized carbons (Fsp3) is 0. The number of halogens is 1. The highest BCUT2D eigenvalue weighted by Gasteiger charge is 1.99. The van der Waals surface area contributed by atoms with E-state index in [1.807, 2.05) is 0 Å². The molecule has 0 bridgehead atoms. The quantitative estimate of drug-likeness (QED) is 0.513. The minimum Gasteiger partial charge on any atom is -0.285 e. The number of carbonyl (C=O) groups excluding carboxylic acids is 1. The van der Waals surface area contributed by atoms with Crippen LogP contribution in [0.5, 0.6) is 5.75 Å². The molecule has 1 aromatic rings. The predicted octanol–water partition coefficient (Wildman–Crippen LogP) is 1.72. The smallest absolute Gasteiger partial charge is 0.285 e. The first-order valence-corrected chi connectivity index (χ1v) is 3.17. The van der Waals surface area contributed by atoms with Crippen molar-refractivity contribution in [3.8, 4) is 5.75 Å².